The molecule has 0 aliphatic rings. The molecule has 2 rings (SSSR count). The maximum absolute atomic E-state index is 2.31. The van der Waals surface area contributed by atoms with E-state index in [1.165, 1.54) is 30.1 Å². The highest BCUT2D eigenvalue weighted by Gasteiger charge is 2.09. The van der Waals surface area contributed by atoms with E-state index in [0.717, 1.165) is 14.5 Å². The predicted molar refractivity (Wildman–Crippen MR) is 82.9 cm³/mol. The van der Waals surface area contributed by atoms with Crippen molar-refractivity contribution >= 4 is 8.58 Å². The third-order valence-corrected chi connectivity index (χ3v) is 4.21. The first-order valence-electron chi connectivity index (χ1n) is 6.61. The molecule has 0 heterocycles. The topological polar surface area (TPSA) is 0 Å². The fraction of sp³-hybridized carbons (Fsp3) is 0.294. The van der Waals surface area contributed by atoms with Gasteiger partial charge in [0.05, 0.1) is 0 Å². The maximum Gasteiger partial charge on any atom is -0.0244 e. The highest BCUT2D eigenvalue weighted by Crippen LogP contribution is 2.20. The van der Waals surface area contributed by atoms with Gasteiger partial charge in [0.2, 0.25) is 0 Å². The molecule has 2 aromatic carbocycles. The Bertz CT molecular complexity index is 394. The summed E-state index contributed by atoms with van der Waals surface area (Å²) >= 11 is 0. The second-order valence-electron chi connectivity index (χ2n) is 4.80. The third kappa shape index (κ3) is 4.27. The minimum Gasteiger partial charge on any atom is -0.125 e. The summed E-state index contributed by atoms with van der Waals surface area (Å²) in [5.41, 5.74) is 2.94. The summed E-state index contributed by atoms with van der Waals surface area (Å²) in [7, 11) is 1.04. The van der Waals surface area contributed by atoms with Gasteiger partial charge in [0, 0.05) is 0 Å². The first kappa shape index (κ1) is 13.3. The Kier molecular flexibility index (Phi) is 5.42. The molecule has 0 aliphatic heterocycles. The van der Waals surface area contributed by atoms with Gasteiger partial charge in [0.1, 0.15) is 0 Å². The average molecular weight is 256 g/mol. The summed E-state index contributed by atoms with van der Waals surface area (Å²) in [6.45, 7) is 2.31. The van der Waals surface area contributed by atoms with E-state index in [1.54, 1.807) is 0 Å². The zero-order valence-corrected chi connectivity index (χ0v) is 12.0. The number of hydrogen-bond acceptors (Lipinski definition) is 0. The Hall–Kier alpha value is -1.13. The number of hydrogen-bond donors (Lipinski definition) is 0. The van der Waals surface area contributed by atoms with Gasteiger partial charge in [-0.1, -0.05) is 60.7 Å². The molecule has 0 radical (unpaired) electrons. The van der Waals surface area contributed by atoms with Crippen LogP contribution in [0.25, 0.3) is 0 Å². The molecule has 0 saturated heterocycles. The molecule has 1 unspecified atom stereocenters. The molecule has 94 valence electrons. The van der Waals surface area contributed by atoms with Gasteiger partial charge < -0.3 is 0 Å². The Morgan fingerprint density at radius 2 is 1.22 bits per heavy atom. The Morgan fingerprint density at radius 1 is 0.778 bits per heavy atom. The largest absolute Gasteiger partial charge is 0.125 e. The zero-order valence-electron chi connectivity index (χ0n) is 11.0. The normalized spacial score (nSPS) is 11.4. The Labute approximate surface area is 112 Å². The van der Waals surface area contributed by atoms with Gasteiger partial charge in [-0.05, 0) is 42.7 Å². The van der Waals surface area contributed by atoms with Crippen LogP contribution in [0.4, 0.5) is 0 Å². The van der Waals surface area contributed by atoms with Crippen molar-refractivity contribution < 1.29 is 0 Å². The molecule has 0 saturated carbocycles. The smallest absolute Gasteiger partial charge is 0.0244 e. The molecular formula is C17H21P. The highest BCUT2D eigenvalue weighted by molar-refractivity contribution is 7.36. The van der Waals surface area contributed by atoms with Crippen LogP contribution in [0.2, 0.25) is 0 Å². The van der Waals surface area contributed by atoms with Gasteiger partial charge in [0.15, 0.2) is 0 Å². The lowest BCUT2D eigenvalue weighted by atomic mass is 9.94. The first-order valence-corrected chi connectivity index (χ1v) is 8.31. The van der Waals surface area contributed by atoms with Crippen molar-refractivity contribution in [3.05, 3.63) is 71.8 Å². The average Bonchev–Trinajstić information content (AvgIpc) is 2.41. The molecule has 18 heavy (non-hydrogen) atoms. The predicted octanol–water partition coefficient (Wildman–Crippen LogP) is 4.40. The van der Waals surface area contributed by atoms with Crippen LogP contribution in [0.5, 0.6) is 0 Å². The Morgan fingerprint density at radius 3 is 1.61 bits per heavy atom. The SMILES string of the molecule is CPCC(Cc1ccccc1)Cc1ccccc1. The molecule has 0 bridgehead atoms. The van der Waals surface area contributed by atoms with Gasteiger partial charge in [0.25, 0.3) is 0 Å². The van der Waals surface area contributed by atoms with E-state index < -0.39 is 0 Å². The molecule has 0 fully saturated rings. The molecule has 1 atom stereocenters. The highest BCUT2D eigenvalue weighted by atomic mass is 31.1. The molecule has 0 amide bonds. The standard InChI is InChI=1S/C17H21P/c1-18-14-17(12-15-8-4-2-5-9-15)13-16-10-6-3-7-11-16/h2-11,17-18H,12-14H2,1H3. The fourth-order valence-electron chi connectivity index (χ4n) is 2.40. The third-order valence-electron chi connectivity index (χ3n) is 3.23. The minimum atomic E-state index is 0.776. The molecule has 2 aromatic rings. The van der Waals surface area contributed by atoms with Crippen LogP contribution >= 0.6 is 8.58 Å². The second-order valence-corrected chi connectivity index (χ2v) is 5.92. The quantitative estimate of drug-likeness (QED) is 0.672. The second kappa shape index (κ2) is 7.34. The summed E-state index contributed by atoms with van der Waals surface area (Å²) in [5, 5.41) is 0. The van der Waals surface area contributed by atoms with E-state index in [0.29, 0.717) is 0 Å². The monoisotopic (exact) mass is 256 g/mol. The van der Waals surface area contributed by atoms with Crippen LogP contribution in [0.15, 0.2) is 60.7 Å². The fourth-order valence-corrected chi connectivity index (χ4v) is 3.27. The van der Waals surface area contributed by atoms with E-state index in [-0.39, 0.29) is 0 Å². The molecule has 1 heteroatoms. The van der Waals surface area contributed by atoms with Crippen molar-refractivity contribution in [3.8, 4) is 0 Å². The molecule has 0 nitrogen and oxygen atoms in total. The van der Waals surface area contributed by atoms with E-state index in [1.807, 2.05) is 0 Å². The lowest BCUT2D eigenvalue weighted by Gasteiger charge is -2.16. The van der Waals surface area contributed by atoms with Crippen molar-refractivity contribution in [2.24, 2.45) is 5.92 Å². The maximum atomic E-state index is 2.31. The van der Waals surface area contributed by atoms with Crippen LogP contribution in [-0.2, 0) is 12.8 Å². The zero-order chi connectivity index (χ0) is 12.6. The summed E-state index contributed by atoms with van der Waals surface area (Å²) in [6.07, 6.45) is 3.75. The van der Waals surface area contributed by atoms with Gasteiger partial charge in [-0.15, -0.1) is 8.58 Å². The van der Waals surface area contributed by atoms with Crippen LogP contribution in [0, 0.1) is 5.92 Å². The van der Waals surface area contributed by atoms with Crippen LogP contribution in [-0.4, -0.2) is 12.8 Å². The summed E-state index contributed by atoms with van der Waals surface area (Å²) in [5.74, 6) is 0.776. The van der Waals surface area contributed by atoms with Crippen molar-refractivity contribution in [2.45, 2.75) is 12.8 Å². The molecule has 0 spiro atoms. The van der Waals surface area contributed by atoms with E-state index in [2.05, 4.69) is 67.3 Å². The van der Waals surface area contributed by atoms with Crippen LogP contribution < -0.4 is 0 Å². The summed E-state index contributed by atoms with van der Waals surface area (Å²) in [6, 6.07) is 21.7. The van der Waals surface area contributed by atoms with E-state index >= 15 is 0 Å². The number of benzene rings is 2. The lowest BCUT2D eigenvalue weighted by Crippen LogP contribution is -2.10. The van der Waals surface area contributed by atoms with Crippen molar-refractivity contribution in [3.63, 3.8) is 0 Å². The van der Waals surface area contributed by atoms with Crippen LogP contribution in [0.3, 0.4) is 0 Å². The van der Waals surface area contributed by atoms with Crippen molar-refractivity contribution in [1.82, 2.24) is 0 Å². The lowest BCUT2D eigenvalue weighted by molar-refractivity contribution is 0.586. The van der Waals surface area contributed by atoms with E-state index in [4.69, 9.17) is 0 Å². The minimum absolute atomic E-state index is 0.776. The van der Waals surface area contributed by atoms with Gasteiger partial charge in [-0.25, -0.2) is 0 Å². The molecule has 0 aromatic heterocycles. The summed E-state index contributed by atoms with van der Waals surface area (Å²) < 4.78 is 0. The molecule has 0 aliphatic carbocycles. The first-order chi connectivity index (χ1) is 8.88. The Balaban J connectivity index is 2.00. The van der Waals surface area contributed by atoms with E-state index in [9.17, 15) is 0 Å². The summed E-state index contributed by atoms with van der Waals surface area (Å²) in [4.78, 5) is 0. The van der Waals surface area contributed by atoms with Crippen LogP contribution in [0.1, 0.15) is 11.1 Å². The van der Waals surface area contributed by atoms with Crippen molar-refractivity contribution in [2.75, 3.05) is 12.8 Å². The molecular weight excluding hydrogens is 235 g/mol. The number of rotatable bonds is 6. The molecule has 0 N–H and O–H groups in total. The van der Waals surface area contributed by atoms with Crippen molar-refractivity contribution in [1.29, 1.82) is 0 Å². The van der Waals surface area contributed by atoms with Gasteiger partial charge >= 0.3 is 0 Å². The van der Waals surface area contributed by atoms with Gasteiger partial charge in [-0.3, -0.25) is 0 Å². The van der Waals surface area contributed by atoms with Gasteiger partial charge in [-0.2, -0.15) is 0 Å².